The van der Waals surface area contributed by atoms with Crippen molar-refractivity contribution >= 4 is 29.3 Å². The molecule has 1 aromatic carbocycles. The predicted octanol–water partition coefficient (Wildman–Crippen LogP) is 3.67. The highest BCUT2D eigenvalue weighted by Crippen LogP contribution is 2.31. The summed E-state index contributed by atoms with van der Waals surface area (Å²) in [4.78, 5) is 13.0. The Morgan fingerprint density at radius 1 is 1.53 bits per heavy atom. The highest BCUT2D eigenvalue weighted by atomic mass is 35.5. The Kier molecular flexibility index (Phi) is 4.48. The van der Waals surface area contributed by atoms with Crippen molar-refractivity contribution in [1.82, 2.24) is 0 Å². The van der Waals surface area contributed by atoms with E-state index in [0.29, 0.717) is 10.9 Å². The fourth-order valence-electron chi connectivity index (χ4n) is 2.53. The van der Waals surface area contributed by atoms with E-state index in [2.05, 4.69) is 11.8 Å². The summed E-state index contributed by atoms with van der Waals surface area (Å²) in [7, 11) is 0. The SMILES string of the molecule is CC1CCCN(c2cccc(Cl)c2C=CC(=O)O)C1. The maximum atomic E-state index is 10.7. The summed E-state index contributed by atoms with van der Waals surface area (Å²) >= 11 is 6.20. The molecule has 2 rings (SSSR count). The summed E-state index contributed by atoms with van der Waals surface area (Å²) in [5.41, 5.74) is 1.82. The molecule has 0 amide bonds. The zero-order valence-corrected chi connectivity index (χ0v) is 11.7. The van der Waals surface area contributed by atoms with Crippen molar-refractivity contribution in [2.75, 3.05) is 18.0 Å². The van der Waals surface area contributed by atoms with Crippen molar-refractivity contribution in [3.8, 4) is 0 Å². The number of anilines is 1. The van der Waals surface area contributed by atoms with E-state index in [9.17, 15) is 4.79 Å². The van der Waals surface area contributed by atoms with Crippen LogP contribution in [0.2, 0.25) is 5.02 Å². The maximum Gasteiger partial charge on any atom is 0.328 e. The third kappa shape index (κ3) is 3.51. The van der Waals surface area contributed by atoms with Crippen LogP contribution >= 0.6 is 11.6 Å². The zero-order chi connectivity index (χ0) is 13.8. The average molecular weight is 280 g/mol. The summed E-state index contributed by atoms with van der Waals surface area (Å²) in [6.45, 7) is 4.23. The summed E-state index contributed by atoms with van der Waals surface area (Å²) in [6.07, 6.45) is 5.13. The van der Waals surface area contributed by atoms with Gasteiger partial charge in [0.05, 0.1) is 0 Å². The largest absolute Gasteiger partial charge is 0.478 e. The lowest BCUT2D eigenvalue weighted by Gasteiger charge is -2.34. The molecule has 1 heterocycles. The Balaban J connectivity index is 2.33. The van der Waals surface area contributed by atoms with Crippen molar-refractivity contribution in [3.05, 3.63) is 34.9 Å². The molecule has 1 unspecified atom stereocenters. The Hall–Kier alpha value is -1.48. The molecule has 0 radical (unpaired) electrons. The van der Waals surface area contributed by atoms with E-state index in [1.54, 1.807) is 12.1 Å². The van der Waals surface area contributed by atoms with Crippen LogP contribution in [0.5, 0.6) is 0 Å². The normalized spacial score (nSPS) is 19.9. The molecule has 0 saturated carbocycles. The Labute approximate surface area is 118 Å². The third-order valence-electron chi connectivity index (χ3n) is 3.42. The summed E-state index contributed by atoms with van der Waals surface area (Å²) < 4.78 is 0. The lowest BCUT2D eigenvalue weighted by Crippen LogP contribution is -2.34. The van der Waals surface area contributed by atoms with E-state index in [0.717, 1.165) is 36.8 Å². The lowest BCUT2D eigenvalue weighted by atomic mass is 9.98. The summed E-state index contributed by atoms with van der Waals surface area (Å²) in [6, 6.07) is 5.71. The molecule has 0 bridgehead atoms. The van der Waals surface area contributed by atoms with Gasteiger partial charge in [0.15, 0.2) is 0 Å². The minimum atomic E-state index is -0.960. The first kappa shape index (κ1) is 13.9. The van der Waals surface area contributed by atoms with Crippen LogP contribution in [0.1, 0.15) is 25.3 Å². The second-order valence-corrected chi connectivity index (χ2v) is 5.44. The van der Waals surface area contributed by atoms with Crippen molar-refractivity contribution in [3.63, 3.8) is 0 Å². The second-order valence-electron chi connectivity index (χ2n) is 5.04. The maximum absolute atomic E-state index is 10.7. The van der Waals surface area contributed by atoms with Crippen LogP contribution in [-0.2, 0) is 4.79 Å². The zero-order valence-electron chi connectivity index (χ0n) is 11.0. The van der Waals surface area contributed by atoms with Crippen molar-refractivity contribution < 1.29 is 9.90 Å². The first-order valence-electron chi connectivity index (χ1n) is 6.52. The lowest BCUT2D eigenvalue weighted by molar-refractivity contribution is -0.131. The molecule has 1 N–H and O–H groups in total. The van der Waals surface area contributed by atoms with Gasteiger partial charge in [-0.1, -0.05) is 24.6 Å². The molecule has 0 spiro atoms. The number of carboxylic acids is 1. The van der Waals surface area contributed by atoms with E-state index < -0.39 is 5.97 Å². The van der Waals surface area contributed by atoms with E-state index >= 15 is 0 Å². The number of halogens is 1. The van der Waals surface area contributed by atoms with Gasteiger partial charge in [-0.3, -0.25) is 0 Å². The quantitative estimate of drug-likeness (QED) is 0.858. The number of aliphatic carboxylic acids is 1. The first-order chi connectivity index (χ1) is 9.08. The molecule has 1 aromatic rings. The smallest absolute Gasteiger partial charge is 0.328 e. The molecule has 0 aromatic heterocycles. The number of nitrogens with zero attached hydrogens (tertiary/aromatic N) is 1. The van der Waals surface area contributed by atoms with Gasteiger partial charge in [0.2, 0.25) is 0 Å². The number of carbonyl (C=O) groups is 1. The van der Waals surface area contributed by atoms with Crippen LogP contribution in [-0.4, -0.2) is 24.2 Å². The number of rotatable bonds is 3. The van der Waals surface area contributed by atoms with Crippen LogP contribution in [0, 0.1) is 5.92 Å². The van der Waals surface area contributed by atoms with Crippen molar-refractivity contribution in [2.45, 2.75) is 19.8 Å². The minimum Gasteiger partial charge on any atom is -0.478 e. The second kappa shape index (κ2) is 6.11. The van der Waals surface area contributed by atoms with Gasteiger partial charge in [0.1, 0.15) is 0 Å². The van der Waals surface area contributed by atoms with Gasteiger partial charge in [-0.15, -0.1) is 0 Å². The van der Waals surface area contributed by atoms with Gasteiger partial charge in [-0.2, -0.15) is 0 Å². The van der Waals surface area contributed by atoms with E-state index in [-0.39, 0.29) is 0 Å². The van der Waals surface area contributed by atoms with Crippen LogP contribution in [0.15, 0.2) is 24.3 Å². The Morgan fingerprint density at radius 2 is 2.32 bits per heavy atom. The molecule has 1 atom stereocenters. The number of hydrogen-bond donors (Lipinski definition) is 1. The van der Waals surface area contributed by atoms with Gasteiger partial charge in [0, 0.05) is 35.4 Å². The van der Waals surface area contributed by atoms with E-state index in [1.807, 2.05) is 12.1 Å². The number of benzene rings is 1. The van der Waals surface area contributed by atoms with Gasteiger partial charge >= 0.3 is 5.97 Å². The standard InChI is InChI=1S/C15H18ClNO2/c1-11-4-3-9-17(10-11)14-6-2-5-13(16)12(14)7-8-15(18)19/h2,5-8,11H,3-4,9-10H2,1H3,(H,18,19). The molecule has 1 fully saturated rings. The number of hydrogen-bond acceptors (Lipinski definition) is 2. The fourth-order valence-corrected chi connectivity index (χ4v) is 2.76. The van der Waals surface area contributed by atoms with E-state index in [1.165, 1.54) is 6.42 Å². The molecule has 1 aliphatic heterocycles. The number of piperidine rings is 1. The van der Waals surface area contributed by atoms with Crippen LogP contribution in [0.25, 0.3) is 6.08 Å². The molecule has 4 heteroatoms. The Bertz CT molecular complexity index is 499. The van der Waals surface area contributed by atoms with Crippen LogP contribution in [0.4, 0.5) is 5.69 Å². The van der Waals surface area contributed by atoms with E-state index in [4.69, 9.17) is 16.7 Å². The summed E-state index contributed by atoms with van der Waals surface area (Å²) in [5.74, 6) is -0.304. The molecule has 102 valence electrons. The topological polar surface area (TPSA) is 40.5 Å². The predicted molar refractivity (Wildman–Crippen MR) is 78.7 cm³/mol. The van der Waals surface area contributed by atoms with Crippen LogP contribution < -0.4 is 4.90 Å². The molecule has 1 saturated heterocycles. The van der Waals surface area contributed by atoms with Crippen molar-refractivity contribution in [2.24, 2.45) is 5.92 Å². The fraction of sp³-hybridized carbons (Fsp3) is 0.400. The monoisotopic (exact) mass is 279 g/mol. The van der Waals surface area contributed by atoms with Gasteiger partial charge in [-0.05, 0) is 37.0 Å². The van der Waals surface area contributed by atoms with Gasteiger partial charge in [0.25, 0.3) is 0 Å². The van der Waals surface area contributed by atoms with Gasteiger partial charge < -0.3 is 10.0 Å². The third-order valence-corrected chi connectivity index (χ3v) is 3.75. The molecule has 0 aliphatic carbocycles. The highest BCUT2D eigenvalue weighted by molar-refractivity contribution is 6.32. The average Bonchev–Trinajstić information content (AvgIpc) is 2.37. The molecule has 1 aliphatic rings. The molecular weight excluding hydrogens is 262 g/mol. The highest BCUT2D eigenvalue weighted by Gasteiger charge is 2.19. The first-order valence-corrected chi connectivity index (χ1v) is 6.90. The molecule has 19 heavy (non-hydrogen) atoms. The summed E-state index contributed by atoms with van der Waals surface area (Å²) in [5, 5.41) is 9.36. The van der Waals surface area contributed by atoms with Gasteiger partial charge in [-0.25, -0.2) is 4.79 Å². The van der Waals surface area contributed by atoms with Crippen molar-refractivity contribution in [1.29, 1.82) is 0 Å². The van der Waals surface area contributed by atoms with Crippen LogP contribution in [0.3, 0.4) is 0 Å². The number of carboxylic acid groups (broad SMARTS) is 1. The Morgan fingerprint density at radius 3 is 3.00 bits per heavy atom. The molecule has 3 nitrogen and oxygen atoms in total. The molecular formula is C15H18ClNO2. The minimum absolute atomic E-state index is 0.591.